The first-order valence-electron chi connectivity index (χ1n) is 9.89. The van der Waals surface area contributed by atoms with Gasteiger partial charge in [0, 0.05) is 13.1 Å². The number of ether oxygens (including phenoxy) is 2. The molecule has 0 aromatic heterocycles. The zero-order valence-corrected chi connectivity index (χ0v) is 17.2. The lowest BCUT2D eigenvalue weighted by atomic mass is 10.1. The van der Waals surface area contributed by atoms with Gasteiger partial charge in [-0.05, 0) is 61.2 Å². The summed E-state index contributed by atoms with van der Waals surface area (Å²) in [6, 6.07) is 9.54. The van der Waals surface area contributed by atoms with Gasteiger partial charge in [0.1, 0.15) is 25.1 Å². The van der Waals surface area contributed by atoms with E-state index in [1.807, 2.05) is 18.2 Å². The molecular formula is C21H23FN2O5S. The summed E-state index contributed by atoms with van der Waals surface area (Å²) in [5.74, 6) is 0.568. The highest BCUT2D eigenvalue weighted by atomic mass is 32.2. The zero-order chi connectivity index (χ0) is 21.1. The maximum Gasteiger partial charge on any atom is 0.243 e. The molecule has 1 fully saturated rings. The molecule has 30 heavy (non-hydrogen) atoms. The fraction of sp³-hybridized carbons (Fsp3) is 0.381. The maximum absolute atomic E-state index is 13.1. The highest BCUT2D eigenvalue weighted by molar-refractivity contribution is 7.89. The van der Waals surface area contributed by atoms with Gasteiger partial charge in [-0.3, -0.25) is 4.79 Å². The van der Waals surface area contributed by atoms with Crippen molar-refractivity contribution in [2.75, 3.05) is 26.3 Å². The largest absolute Gasteiger partial charge is 0.486 e. The third kappa shape index (κ3) is 4.27. The van der Waals surface area contributed by atoms with Crippen LogP contribution >= 0.6 is 0 Å². The zero-order valence-electron chi connectivity index (χ0n) is 16.3. The average Bonchev–Trinajstić information content (AvgIpc) is 3.25. The quantitative estimate of drug-likeness (QED) is 0.753. The summed E-state index contributed by atoms with van der Waals surface area (Å²) >= 11 is 0. The lowest BCUT2D eigenvalue weighted by Gasteiger charge is -2.23. The second kappa shape index (κ2) is 8.61. The van der Waals surface area contributed by atoms with Gasteiger partial charge >= 0.3 is 0 Å². The van der Waals surface area contributed by atoms with Crippen molar-refractivity contribution in [1.29, 1.82) is 0 Å². The summed E-state index contributed by atoms with van der Waals surface area (Å²) in [6.07, 6.45) is 1.64. The van der Waals surface area contributed by atoms with Gasteiger partial charge in [0.25, 0.3) is 0 Å². The standard InChI is InChI=1S/C21H23FN2O5S/c22-16-4-6-17(7-5-16)30(26,27)24-11-1-2-18(24)21(25)23-10-9-15-3-8-19-20(14-15)29-13-12-28-19/h3-8,14,18H,1-2,9-13H2,(H,23,25)/t18-/m1/s1. The van der Waals surface area contributed by atoms with Crippen molar-refractivity contribution in [3.63, 3.8) is 0 Å². The number of fused-ring (bicyclic) bond motifs is 1. The van der Waals surface area contributed by atoms with E-state index >= 15 is 0 Å². The van der Waals surface area contributed by atoms with E-state index in [1.54, 1.807) is 0 Å². The van der Waals surface area contributed by atoms with Crippen molar-refractivity contribution in [3.05, 3.63) is 53.8 Å². The van der Waals surface area contributed by atoms with Gasteiger partial charge in [-0.15, -0.1) is 0 Å². The minimum Gasteiger partial charge on any atom is -0.486 e. The third-order valence-electron chi connectivity index (χ3n) is 5.25. The van der Waals surface area contributed by atoms with Crippen molar-refractivity contribution >= 4 is 15.9 Å². The summed E-state index contributed by atoms with van der Waals surface area (Å²) < 4.78 is 51.2. The molecule has 1 atom stereocenters. The number of benzene rings is 2. The Kier molecular flexibility index (Phi) is 5.92. The molecule has 9 heteroatoms. The number of sulfonamides is 1. The monoisotopic (exact) mass is 434 g/mol. The molecular weight excluding hydrogens is 411 g/mol. The first kappa shape index (κ1) is 20.6. The number of carbonyl (C=O) groups is 1. The molecule has 0 bridgehead atoms. The smallest absolute Gasteiger partial charge is 0.243 e. The summed E-state index contributed by atoms with van der Waals surface area (Å²) in [7, 11) is -3.86. The maximum atomic E-state index is 13.1. The van der Waals surface area contributed by atoms with Crippen LogP contribution in [0.25, 0.3) is 0 Å². The van der Waals surface area contributed by atoms with Crippen LogP contribution in [0.4, 0.5) is 4.39 Å². The summed E-state index contributed by atoms with van der Waals surface area (Å²) in [5, 5.41) is 2.84. The van der Waals surface area contributed by atoms with Gasteiger partial charge in [0.05, 0.1) is 4.90 Å². The number of carbonyl (C=O) groups excluding carboxylic acids is 1. The van der Waals surface area contributed by atoms with Gasteiger partial charge < -0.3 is 14.8 Å². The molecule has 2 heterocycles. The first-order valence-corrected chi connectivity index (χ1v) is 11.3. The van der Waals surface area contributed by atoms with Gasteiger partial charge in [-0.25, -0.2) is 12.8 Å². The van der Waals surface area contributed by atoms with E-state index in [0.717, 1.165) is 17.7 Å². The number of nitrogens with zero attached hydrogens (tertiary/aromatic N) is 1. The van der Waals surface area contributed by atoms with Crippen LogP contribution in [0.5, 0.6) is 11.5 Å². The second-order valence-electron chi connectivity index (χ2n) is 7.25. The summed E-state index contributed by atoms with van der Waals surface area (Å²) in [4.78, 5) is 12.7. The molecule has 1 saturated heterocycles. The van der Waals surface area contributed by atoms with Crippen molar-refractivity contribution in [1.82, 2.24) is 9.62 Å². The molecule has 2 aromatic rings. The molecule has 2 aliphatic rings. The van der Waals surface area contributed by atoms with Crippen LogP contribution < -0.4 is 14.8 Å². The fourth-order valence-electron chi connectivity index (χ4n) is 3.72. The molecule has 2 aliphatic heterocycles. The average molecular weight is 434 g/mol. The Morgan fingerprint density at radius 1 is 1.10 bits per heavy atom. The summed E-state index contributed by atoms with van der Waals surface area (Å²) in [5.41, 5.74) is 0.988. The first-order chi connectivity index (χ1) is 14.4. The van der Waals surface area contributed by atoms with Gasteiger partial charge in [-0.2, -0.15) is 4.31 Å². The van der Waals surface area contributed by atoms with Crippen molar-refractivity contribution in [2.45, 2.75) is 30.2 Å². The number of rotatable bonds is 6. The Hall–Kier alpha value is -2.65. The molecule has 0 unspecified atom stereocenters. The number of hydrogen-bond donors (Lipinski definition) is 1. The molecule has 160 valence electrons. The normalized spacial score (nSPS) is 18.9. The molecule has 0 spiro atoms. The van der Waals surface area contributed by atoms with Crippen LogP contribution in [-0.4, -0.2) is 51.0 Å². The van der Waals surface area contributed by atoms with Crippen LogP contribution in [-0.2, 0) is 21.2 Å². The van der Waals surface area contributed by atoms with Crippen molar-refractivity contribution in [3.8, 4) is 11.5 Å². The Labute approximate surface area is 174 Å². The Bertz CT molecular complexity index is 1030. The number of nitrogens with one attached hydrogen (secondary N) is 1. The van der Waals surface area contributed by atoms with Crippen LogP contribution in [0.2, 0.25) is 0 Å². The second-order valence-corrected chi connectivity index (χ2v) is 9.14. The van der Waals surface area contributed by atoms with Crippen LogP contribution in [0, 0.1) is 5.82 Å². The summed E-state index contributed by atoms with van der Waals surface area (Å²) in [6.45, 7) is 1.67. The van der Waals surface area contributed by atoms with E-state index in [4.69, 9.17) is 9.47 Å². The number of hydrogen-bond acceptors (Lipinski definition) is 5. The lowest BCUT2D eigenvalue weighted by Crippen LogP contribution is -2.46. The highest BCUT2D eigenvalue weighted by Crippen LogP contribution is 2.31. The minimum atomic E-state index is -3.86. The Morgan fingerprint density at radius 2 is 1.83 bits per heavy atom. The SMILES string of the molecule is O=C(NCCc1ccc2c(c1)OCCO2)[C@H]1CCCN1S(=O)(=O)c1ccc(F)cc1. The topological polar surface area (TPSA) is 84.9 Å². The van der Waals surface area contributed by atoms with Gasteiger partial charge in [0.15, 0.2) is 11.5 Å². The van der Waals surface area contributed by atoms with E-state index in [9.17, 15) is 17.6 Å². The van der Waals surface area contributed by atoms with E-state index < -0.39 is 21.9 Å². The van der Waals surface area contributed by atoms with E-state index in [0.29, 0.717) is 50.5 Å². The fourth-order valence-corrected chi connectivity index (χ4v) is 5.38. The molecule has 0 radical (unpaired) electrons. The van der Waals surface area contributed by atoms with Crippen molar-refractivity contribution in [2.24, 2.45) is 0 Å². The molecule has 0 saturated carbocycles. The van der Waals surface area contributed by atoms with Crippen LogP contribution in [0.3, 0.4) is 0 Å². The molecule has 2 aromatic carbocycles. The predicted octanol–water partition coefficient (Wildman–Crippen LogP) is 2.11. The third-order valence-corrected chi connectivity index (χ3v) is 7.17. The van der Waals surface area contributed by atoms with E-state index in [1.165, 1.54) is 16.4 Å². The Morgan fingerprint density at radius 3 is 2.60 bits per heavy atom. The highest BCUT2D eigenvalue weighted by Gasteiger charge is 2.39. The van der Waals surface area contributed by atoms with E-state index in [-0.39, 0.29) is 17.3 Å². The Balaban J connectivity index is 1.37. The molecule has 4 rings (SSSR count). The molecule has 0 aliphatic carbocycles. The number of halogens is 1. The number of amides is 1. The minimum absolute atomic E-state index is 0.0140. The molecule has 1 N–H and O–H groups in total. The van der Waals surface area contributed by atoms with Gasteiger partial charge in [-0.1, -0.05) is 6.07 Å². The van der Waals surface area contributed by atoms with Crippen molar-refractivity contribution < 1.29 is 27.1 Å². The van der Waals surface area contributed by atoms with Crippen LogP contribution in [0.15, 0.2) is 47.4 Å². The molecule has 1 amide bonds. The predicted molar refractivity (Wildman–Crippen MR) is 107 cm³/mol. The molecule has 7 nitrogen and oxygen atoms in total. The van der Waals surface area contributed by atoms with Crippen LogP contribution in [0.1, 0.15) is 18.4 Å². The van der Waals surface area contributed by atoms with Gasteiger partial charge in [0.2, 0.25) is 15.9 Å². The van der Waals surface area contributed by atoms with E-state index in [2.05, 4.69) is 5.32 Å². The lowest BCUT2D eigenvalue weighted by molar-refractivity contribution is -0.124.